The first-order chi connectivity index (χ1) is 24.9. The van der Waals surface area contributed by atoms with Crippen LogP contribution in [0.15, 0.2) is 54.7 Å². The second-order valence-corrected chi connectivity index (χ2v) is 14.5. The summed E-state index contributed by atoms with van der Waals surface area (Å²) in [6.45, 7) is 9.16. The van der Waals surface area contributed by atoms with Crippen LogP contribution >= 0.6 is 11.6 Å². The van der Waals surface area contributed by atoms with Gasteiger partial charge < -0.3 is 35.8 Å². The highest BCUT2D eigenvalue weighted by atomic mass is 35.5. The van der Waals surface area contributed by atoms with Crippen LogP contribution in [-0.2, 0) is 32.0 Å². The molecular formula is C39H53ClN6O6. The number of hydrogen-bond donors (Lipinski definition) is 5. The number of likely N-dealkylation sites (tertiary alicyclic amines) is 1. The number of fused-ring (bicyclic) bond motifs is 1. The lowest BCUT2D eigenvalue weighted by Crippen LogP contribution is -2.57. The number of aliphatic carboxylic acids is 1. The van der Waals surface area contributed by atoms with Gasteiger partial charge >= 0.3 is 12.0 Å². The summed E-state index contributed by atoms with van der Waals surface area (Å²) in [6, 6.07) is 10.1. The quantitative estimate of drug-likeness (QED) is 0.119. The molecule has 52 heavy (non-hydrogen) atoms. The van der Waals surface area contributed by atoms with E-state index in [0.717, 1.165) is 42.1 Å². The van der Waals surface area contributed by atoms with Crippen molar-refractivity contribution in [3.63, 3.8) is 0 Å². The molecule has 0 aliphatic carbocycles. The maximum atomic E-state index is 14.4. The number of nitrogens with one attached hydrogen (secondary N) is 4. The molecule has 2 heterocycles. The summed E-state index contributed by atoms with van der Waals surface area (Å²) >= 11 is 6.01. The Morgan fingerprint density at radius 3 is 2.27 bits per heavy atom. The Morgan fingerprint density at radius 1 is 0.962 bits per heavy atom. The van der Waals surface area contributed by atoms with Crippen LogP contribution < -0.4 is 16.0 Å². The van der Waals surface area contributed by atoms with Crippen molar-refractivity contribution in [2.45, 2.75) is 103 Å². The van der Waals surface area contributed by atoms with Crippen LogP contribution in [0.3, 0.4) is 0 Å². The molecule has 5 amide bonds. The van der Waals surface area contributed by atoms with Crippen molar-refractivity contribution in [2.24, 2.45) is 5.92 Å². The molecule has 2 aromatic carbocycles. The number of rotatable bonds is 18. The molecule has 1 aliphatic rings. The normalized spacial score (nSPS) is 16.8. The molecule has 1 aliphatic heterocycles. The van der Waals surface area contributed by atoms with Gasteiger partial charge in [-0.05, 0) is 60.9 Å². The molecule has 3 aromatic rings. The number of carboxylic acids is 1. The number of H-pyrrole nitrogens is 1. The zero-order chi connectivity index (χ0) is 37.8. The molecule has 13 heteroatoms. The number of carbonyl (C=O) groups excluding carboxylic acids is 4. The Kier molecular flexibility index (Phi) is 14.9. The SMILES string of the molecule is CCCCN(CCCC)C(=O)NC(CC(C)C)C(=O)N1C[C@H](NC(=O)Cc2c[nH]c3ccccc23)C[C@H]1C(=O)NC(Cc1ccc(Cl)cc1)C(=O)O. The zero-order valence-corrected chi connectivity index (χ0v) is 31.4. The van der Waals surface area contributed by atoms with Gasteiger partial charge in [0.05, 0.1) is 6.42 Å². The summed E-state index contributed by atoms with van der Waals surface area (Å²) < 4.78 is 0. The molecule has 12 nitrogen and oxygen atoms in total. The van der Waals surface area contributed by atoms with Gasteiger partial charge in [0.2, 0.25) is 17.7 Å². The third-order valence-corrected chi connectivity index (χ3v) is 9.65. The molecule has 2 unspecified atom stereocenters. The van der Waals surface area contributed by atoms with E-state index in [-0.39, 0.29) is 43.7 Å². The standard InChI is InChI=1S/C39H53ClN6O6/c1-5-7-17-45(18-8-6-2)39(52)44-32(19-25(3)4)37(49)46-24-29(42-35(47)21-27-23-41-31-12-10-9-11-30(27)31)22-34(46)36(48)43-33(38(50)51)20-26-13-15-28(40)16-14-26/h9-16,23,25,29,32-34,41H,5-8,17-22,24H2,1-4H3,(H,42,47)(H,43,48)(H,44,52)(H,50,51)/t29-,32?,33?,34+/m1/s1. The highest BCUT2D eigenvalue weighted by Crippen LogP contribution is 2.23. The number of benzene rings is 2. The Morgan fingerprint density at radius 2 is 1.63 bits per heavy atom. The Balaban J connectivity index is 1.57. The van der Waals surface area contributed by atoms with E-state index in [0.29, 0.717) is 30.1 Å². The Hall–Kier alpha value is -4.58. The lowest BCUT2D eigenvalue weighted by atomic mass is 10.0. The minimum atomic E-state index is -1.28. The molecule has 1 saturated heterocycles. The summed E-state index contributed by atoms with van der Waals surface area (Å²) in [6.07, 6.45) is 5.77. The number of carboxylic acid groups (broad SMARTS) is 1. The molecular weight excluding hydrogens is 684 g/mol. The predicted molar refractivity (Wildman–Crippen MR) is 202 cm³/mol. The summed E-state index contributed by atoms with van der Waals surface area (Å²) in [5.41, 5.74) is 2.39. The maximum Gasteiger partial charge on any atom is 0.326 e. The summed E-state index contributed by atoms with van der Waals surface area (Å²) in [5.74, 6) is -2.57. The monoisotopic (exact) mass is 736 g/mol. The van der Waals surface area contributed by atoms with Crippen molar-refractivity contribution < 1.29 is 29.1 Å². The van der Waals surface area contributed by atoms with E-state index in [2.05, 4.69) is 34.8 Å². The van der Waals surface area contributed by atoms with Crippen LogP contribution in [-0.4, -0.2) is 93.4 Å². The van der Waals surface area contributed by atoms with Gasteiger partial charge in [-0.1, -0.05) is 82.5 Å². The highest BCUT2D eigenvalue weighted by molar-refractivity contribution is 6.30. The van der Waals surface area contributed by atoms with Gasteiger partial charge in [-0.15, -0.1) is 0 Å². The van der Waals surface area contributed by atoms with Crippen LogP contribution in [0.5, 0.6) is 0 Å². The molecule has 0 spiro atoms. The molecule has 0 bridgehead atoms. The first kappa shape index (κ1) is 40.2. The van der Waals surface area contributed by atoms with E-state index < -0.39 is 42.0 Å². The first-order valence-electron chi connectivity index (χ1n) is 18.4. The van der Waals surface area contributed by atoms with Crippen LogP contribution in [0.1, 0.15) is 77.3 Å². The second-order valence-electron chi connectivity index (χ2n) is 14.1. The van der Waals surface area contributed by atoms with E-state index in [1.54, 1.807) is 35.4 Å². The van der Waals surface area contributed by atoms with Crippen molar-refractivity contribution in [3.8, 4) is 0 Å². The van der Waals surface area contributed by atoms with Gasteiger partial charge in [0, 0.05) is 54.2 Å². The summed E-state index contributed by atoms with van der Waals surface area (Å²) in [5, 5.41) is 20.1. The van der Waals surface area contributed by atoms with Gasteiger partial charge in [-0.3, -0.25) is 14.4 Å². The fraction of sp³-hybridized carbons (Fsp3) is 0.513. The number of nitrogens with zero attached hydrogens (tertiary/aromatic N) is 2. The molecule has 0 radical (unpaired) electrons. The minimum absolute atomic E-state index is 0.00107. The van der Waals surface area contributed by atoms with Crippen molar-refractivity contribution in [2.75, 3.05) is 19.6 Å². The fourth-order valence-corrected chi connectivity index (χ4v) is 6.76. The second kappa shape index (κ2) is 19.3. The smallest absolute Gasteiger partial charge is 0.326 e. The number of para-hydroxylation sites is 1. The van der Waals surface area contributed by atoms with Crippen LogP contribution in [0.25, 0.3) is 10.9 Å². The van der Waals surface area contributed by atoms with Crippen molar-refractivity contribution >= 4 is 52.2 Å². The number of urea groups is 1. The van der Waals surface area contributed by atoms with Crippen molar-refractivity contribution in [1.29, 1.82) is 0 Å². The van der Waals surface area contributed by atoms with Crippen molar-refractivity contribution in [1.82, 2.24) is 30.7 Å². The number of amides is 5. The number of aromatic nitrogens is 1. The third kappa shape index (κ3) is 11.2. The average molecular weight is 737 g/mol. The molecule has 4 rings (SSSR count). The van der Waals surface area contributed by atoms with E-state index in [4.69, 9.17) is 11.6 Å². The van der Waals surface area contributed by atoms with Gasteiger partial charge in [-0.25, -0.2) is 9.59 Å². The largest absolute Gasteiger partial charge is 0.480 e. The van der Waals surface area contributed by atoms with Gasteiger partial charge in [0.1, 0.15) is 18.1 Å². The number of hydrogen-bond acceptors (Lipinski definition) is 5. The molecule has 4 atom stereocenters. The molecule has 1 fully saturated rings. The average Bonchev–Trinajstić information content (AvgIpc) is 3.72. The van der Waals surface area contributed by atoms with E-state index in [9.17, 15) is 29.1 Å². The Bertz CT molecular complexity index is 1670. The molecule has 282 valence electrons. The molecule has 5 N–H and O–H groups in total. The third-order valence-electron chi connectivity index (χ3n) is 9.40. The first-order valence-corrected chi connectivity index (χ1v) is 18.8. The lowest BCUT2D eigenvalue weighted by molar-refractivity contribution is -0.144. The Labute approximate surface area is 311 Å². The van der Waals surface area contributed by atoms with Crippen molar-refractivity contribution in [3.05, 3.63) is 70.9 Å². The van der Waals surface area contributed by atoms with Crippen LogP contribution in [0.2, 0.25) is 5.02 Å². The van der Waals surface area contributed by atoms with Gasteiger partial charge in [0.15, 0.2) is 0 Å². The van der Waals surface area contributed by atoms with Crippen LogP contribution in [0, 0.1) is 5.92 Å². The fourth-order valence-electron chi connectivity index (χ4n) is 6.63. The van der Waals surface area contributed by atoms with Gasteiger partial charge in [0.25, 0.3) is 0 Å². The zero-order valence-electron chi connectivity index (χ0n) is 30.6. The number of halogens is 1. The number of aromatic amines is 1. The van der Waals surface area contributed by atoms with Gasteiger partial charge in [-0.2, -0.15) is 0 Å². The number of carbonyl (C=O) groups is 5. The predicted octanol–water partition coefficient (Wildman–Crippen LogP) is 5.29. The summed E-state index contributed by atoms with van der Waals surface area (Å²) in [7, 11) is 0. The summed E-state index contributed by atoms with van der Waals surface area (Å²) in [4.78, 5) is 74.0. The van der Waals surface area contributed by atoms with E-state index >= 15 is 0 Å². The molecule has 1 aromatic heterocycles. The van der Waals surface area contributed by atoms with Crippen LogP contribution in [0.4, 0.5) is 4.79 Å². The highest BCUT2D eigenvalue weighted by Gasteiger charge is 2.43. The number of unbranched alkanes of at least 4 members (excludes halogenated alkanes) is 2. The minimum Gasteiger partial charge on any atom is -0.480 e. The lowest BCUT2D eigenvalue weighted by Gasteiger charge is -2.32. The maximum absolute atomic E-state index is 14.4. The van der Waals surface area contributed by atoms with E-state index in [1.165, 1.54) is 4.90 Å². The van der Waals surface area contributed by atoms with E-state index in [1.807, 2.05) is 38.1 Å². The topological polar surface area (TPSA) is 164 Å². The molecule has 0 saturated carbocycles.